The van der Waals surface area contributed by atoms with E-state index in [1.54, 1.807) is 0 Å². The first-order chi connectivity index (χ1) is 10.7. The molecule has 0 bridgehead atoms. The lowest BCUT2D eigenvalue weighted by Crippen LogP contribution is -2.65. The summed E-state index contributed by atoms with van der Waals surface area (Å²) in [5.74, 6) is 0. The van der Waals surface area contributed by atoms with Crippen LogP contribution in [0.25, 0.3) is 0 Å². The van der Waals surface area contributed by atoms with Crippen molar-refractivity contribution in [2.45, 2.75) is 36.9 Å². The summed E-state index contributed by atoms with van der Waals surface area (Å²) in [6.45, 7) is 0.979. The van der Waals surface area contributed by atoms with Crippen LogP contribution in [0.3, 0.4) is 0 Å². The summed E-state index contributed by atoms with van der Waals surface area (Å²) in [7, 11) is 0. The molecule has 7 heteroatoms. The number of benzene rings is 1. The molecular formula is C15H22N2O5. The predicted octanol–water partition coefficient (Wildman–Crippen LogP) is -0.511. The van der Waals surface area contributed by atoms with Gasteiger partial charge in [-0.3, -0.25) is 0 Å². The monoisotopic (exact) mass is 310 g/mol. The zero-order chi connectivity index (χ0) is 15.5. The molecule has 122 valence electrons. The fourth-order valence-electron chi connectivity index (χ4n) is 2.73. The lowest BCUT2D eigenvalue weighted by Gasteiger charge is -2.46. The number of aliphatic hydroxyl groups is 1. The highest BCUT2D eigenvalue weighted by Crippen LogP contribution is 2.33. The molecule has 2 heterocycles. The number of aliphatic hydroxyl groups excluding tert-OH is 1. The normalized spacial score (nSPS) is 38.5. The van der Waals surface area contributed by atoms with E-state index in [1.807, 2.05) is 30.3 Å². The summed E-state index contributed by atoms with van der Waals surface area (Å²) in [6.07, 6.45) is -3.10. The molecule has 6 atom stereocenters. The van der Waals surface area contributed by atoms with Crippen LogP contribution in [0.4, 0.5) is 0 Å². The van der Waals surface area contributed by atoms with Gasteiger partial charge in [-0.25, -0.2) is 0 Å². The highest BCUT2D eigenvalue weighted by Gasteiger charge is 2.48. The zero-order valence-electron chi connectivity index (χ0n) is 12.2. The Morgan fingerprint density at radius 2 is 2.00 bits per heavy atom. The Labute approximate surface area is 129 Å². The molecule has 2 saturated heterocycles. The van der Waals surface area contributed by atoms with Crippen LogP contribution in [0.5, 0.6) is 0 Å². The van der Waals surface area contributed by atoms with Crippen LogP contribution in [-0.4, -0.2) is 55.5 Å². The Morgan fingerprint density at radius 1 is 1.23 bits per heavy atom. The van der Waals surface area contributed by atoms with Crippen molar-refractivity contribution in [1.29, 1.82) is 0 Å². The molecule has 1 aromatic carbocycles. The lowest BCUT2D eigenvalue weighted by atomic mass is 9.96. The van der Waals surface area contributed by atoms with Gasteiger partial charge in [0.15, 0.2) is 12.6 Å². The van der Waals surface area contributed by atoms with Crippen LogP contribution >= 0.6 is 0 Å². The molecule has 2 aliphatic heterocycles. The van der Waals surface area contributed by atoms with Gasteiger partial charge in [-0.2, -0.15) is 0 Å². The van der Waals surface area contributed by atoms with E-state index in [0.29, 0.717) is 19.8 Å². The number of hydrogen-bond donors (Lipinski definition) is 3. The summed E-state index contributed by atoms with van der Waals surface area (Å²) < 4.78 is 22.7. The van der Waals surface area contributed by atoms with Gasteiger partial charge in [-0.1, -0.05) is 30.3 Å². The van der Waals surface area contributed by atoms with Gasteiger partial charge in [0.05, 0.1) is 19.3 Å². The van der Waals surface area contributed by atoms with Gasteiger partial charge in [0.2, 0.25) is 0 Å². The fraction of sp³-hybridized carbons (Fsp3) is 0.600. The van der Waals surface area contributed by atoms with Crippen LogP contribution in [0.2, 0.25) is 0 Å². The number of hydrogen-bond acceptors (Lipinski definition) is 7. The predicted molar refractivity (Wildman–Crippen MR) is 77.7 cm³/mol. The molecular weight excluding hydrogens is 288 g/mol. The maximum Gasteiger partial charge on any atom is 0.184 e. The summed E-state index contributed by atoms with van der Waals surface area (Å²) in [5.41, 5.74) is 12.3. The molecule has 7 nitrogen and oxygen atoms in total. The van der Waals surface area contributed by atoms with E-state index in [2.05, 4.69) is 0 Å². The van der Waals surface area contributed by atoms with E-state index in [0.717, 1.165) is 5.56 Å². The average molecular weight is 310 g/mol. The first-order valence-corrected chi connectivity index (χ1v) is 7.43. The number of fused-ring (bicyclic) bond motifs is 1. The quantitative estimate of drug-likeness (QED) is 0.687. The third kappa shape index (κ3) is 3.16. The van der Waals surface area contributed by atoms with Crippen LogP contribution in [0.15, 0.2) is 30.3 Å². The second kappa shape index (κ2) is 7.01. The van der Waals surface area contributed by atoms with Crippen molar-refractivity contribution in [3.05, 3.63) is 35.9 Å². The van der Waals surface area contributed by atoms with E-state index in [1.165, 1.54) is 0 Å². The van der Waals surface area contributed by atoms with Gasteiger partial charge in [-0.15, -0.1) is 0 Å². The molecule has 5 N–H and O–H groups in total. The molecule has 0 aromatic heterocycles. The second-order valence-corrected chi connectivity index (χ2v) is 5.45. The van der Waals surface area contributed by atoms with Gasteiger partial charge in [0.25, 0.3) is 0 Å². The van der Waals surface area contributed by atoms with Crippen molar-refractivity contribution in [2.75, 3.05) is 19.8 Å². The minimum atomic E-state index is -0.892. The molecule has 0 amide bonds. The minimum absolute atomic E-state index is 0.302. The Morgan fingerprint density at radius 3 is 2.73 bits per heavy atom. The molecule has 6 unspecified atom stereocenters. The standard InChI is InChI=1S/C15H22N2O5/c16-6-7-19-15-11(17)12(18)13-10(21-15)8-20-14(22-13)9-4-2-1-3-5-9/h1-5,10-15,18H,6-8,16-17H2. The topological polar surface area (TPSA) is 109 Å². The molecule has 0 saturated carbocycles. The number of rotatable bonds is 4. The molecule has 22 heavy (non-hydrogen) atoms. The van der Waals surface area contributed by atoms with Crippen molar-refractivity contribution in [1.82, 2.24) is 0 Å². The van der Waals surface area contributed by atoms with Gasteiger partial charge in [0, 0.05) is 12.1 Å². The minimum Gasteiger partial charge on any atom is -0.388 e. The van der Waals surface area contributed by atoms with E-state index >= 15 is 0 Å². The Balaban J connectivity index is 1.67. The van der Waals surface area contributed by atoms with Crippen molar-refractivity contribution in [2.24, 2.45) is 11.5 Å². The first-order valence-electron chi connectivity index (χ1n) is 7.43. The zero-order valence-corrected chi connectivity index (χ0v) is 12.2. The van der Waals surface area contributed by atoms with E-state index in [-0.39, 0.29) is 0 Å². The second-order valence-electron chi connectivity index (χ2n) is 5.45. The summed E-state index contributed by atoms with van der Waals surface area (Å²) in [4.78, 5) is 0. The van der Waals surface area contributed by atoms with Crippen LogP contribution in [0, 0.1) is 0 Å². The highest BCUT2D eigenvalue weighted by atomic mass is 16.7. The first kappa shape index (κ1) is 15.8. The van der Waals surface area contributed by atoms with Gasteiger partial charge < -0.3 is 35.5 Å². The van der Waals surface area contributed by atoms with Crippen LogP contribution in [-0.2, 0) is 18.9 Å². The molecule has 2 fully saturated rings. The average Bonchev–Trinajstić information content (AvgIpc) is 2.57. The Hall–Kier alpha value is -1.06. The largest absolute Gasteiger partial charge is 0.388 e. The van der Waals surface area contributed by atoms with Gasteiger partial charge in [-0.05, 0) is 0 Å². The Kier molecular flexibility index (Phi) is 5.04. The molecule has 3 rings (SSSR count). The molecule has 2 aliphatic rings. The van der Waals surface area contributed by atoms with Crippen molar-refractivity contribution >= 4 is 0 Å². The van der Waals surface area contributed by atoms with Gasteiger partial charge in [0.1, 0.15) is 18.3 Å². The van der Waals surface area contributed by atoms with E-state index in [4.69, 9.17) is 30.4 Å². The molecule has 1 aromatic rings. The highest BCUT2D eigenvalue weighted by molar-refractivity contribution is 5.16. The third-order valence-electron chi connectivity index (χ3n) is 3.88. The molecule has 0 aliphatic carbocycles. The molecule has 0 radical (unpaired) electrons. The summed E-state index contributed by atoms with van der Waals surface area (Å²) >= 11 is 0. The summed E-state index contributed by atoms with van der Waals surface area (Å²) in [5, 5.41) is 10.4. The van der Waals surface area contributed by atoms with Gasteiger partial charge >= 0.3 is 0 Å². The fourth-order valence-corrected chi connectivity index (χ4v) is 2.73. The number of ether oxygens (including phenoxy) is 4. The van der Waals surface area contributed by atoms with Crippen molar-refractivity contribution in [3.8, 4) is 0 Å². The Bertz CT molecular complexity index is 472. The van der Waals surface area contributed by atoms with Crippen LogP contribution < -0.4 is 11.5 Å². The van der Waals surface area contributed by atoms with E-state index in [9.17, 15) is 5.11 Å². The maximum atomic E-state index is 10.4. The smallest absolute Gasteiger partial charge is 0.184 e. The SMILES string of the molecule is NCCOC1OC2COC(c3ccccc3)OC2C(O)C1N. The van der Waals surface area contributed by atoms with Crippen molar-refractivity contribution in [3.63, 3.8) is 0 Å². The van der Waals surface area contributed by atoms with Crippen LogP contribution in [0.1, 0.15) is 11.9 Å². The molecule has 0 spiro atoms. The summed E-state index contributed by atoms with van der Waals surface area (Å²) in [6, 6.07) is 8.86. The number of nitrogens with two attached hydrogens (primary N) is 2. The maximum absolute atomic E-state index is 10.4. The third-order valence-corrected chi connectivity index (χ3v) is 3.88. The lowest BCUT2D eigenvalue weighted by molar-refractivity contribution is -0.341. The van der Waals surface area contributed by atoms with Crippen molar-refractivity contribution < 1.29 is 24.1 Å². The van der Waals surface area contributed by atoms with E-state index < -0.39 is 36.9 Å².